The summed E-state index contributed by atoms with van der Waals surface area (Å²) in [6.07, 6.45) is 3.98. The minimum atomic E-state index is -0.390. The Labute approximate surface area is 122 Å². The molecular formula is C13H11Br2FN2. The molecule has 2 aromatic rings. The molecule has 2 nitrogen and oxygen atoms in total. The monoisotopic (exact) mass is 372 g/mol. The highest BCUT2D eigenvalue weighted by atomic mass is 79.9. The van der Waals surface area contributed by atoms with E-state index in [2.05, 4.69) is 36.8 Å². The highest BCUT2D eigenvalue weighted by Crippen LogP contribution is 2.23. The lowest BCUT2D eigenvalue weighted by Gasteiger charge is -2.13. The smallest absolute Gasteiger partial charge is 0.128 e. The van der Waals surface area contributed by atoms with Crippen LogP contribution in [0.25, 0.3) is 0 Å². The van der Waals surface area contributed by atoms with Gasteiger partial charge in [0.05, 0.1) is 0 Å². The third-order valence-corrected chi connectivity index (χ3v) is 3.50. The molecule has 0 amide bonds. The minimum absolute atomic E-state index is 0.284. The molecule has 5 heteroatoms. The van der Waals surface area contributed by atoms with Gasteiger partial charge in [-0.25, -0.2) is 4.39 Å². The van der Waals surface area contributed by atoms with Crippen molar-refractivity contribution in [3.05, 3.63) is 62.5 Å². The maximum Gasteiger partial charge on any atom is 0.128 e. The van der Waals surface area contributed by atoms with E-state index >= 15 is 0 Å². The van der Waals surface area contributed by atoms with Gasteiger partial charge in [-0.2, -0.15) is 0 Å². The number of hydrogen-bond acceptors (Lipinski definition) is 2. The Morgan fingerprint density at radius 2 is 1.94 bits per heavy atom. The zero-order valence-corrected chi connectivity index (χ0v) is 12.6. The van der Waals surface area contributed by atoms with Gasteiger partial charge in [-0.05, 0) is 52.2 Å². The van der Waals surface area contributed by atoms with Gasteiger partial charge >= 0.3 is 0 Å². The number of hydrogen-bond donors (Lipinski definition) is 1. The summed E-state index contributed by atoms with van der Waals surface area (Å²) in [6.45, 7) is 0. The molecule has 1 aromatic carbocycles. The number of halogens is 3. The maximum absolute atomic E-state index is 13.7. The number of aromatic nitrogens is 1. The van der Waals surface area contributed by atoms with Crippen molar-refractivity contribution in [1.82, 2.24) is 4.98 Å². The zero-order valence-electron chi connectivity index (χ0n) is 9.41. The molecule has 0 bridgehead atoms. The molecule has 1 atom stereocenters. The van der Waals surface area contributed by atoms with Crippen molar-refractivity contribution >= 4 is 31.9 Å². The highest BCUT2D eigenvalue weighted by Gasteiger charge is 2.13. The summed E-state index contributed by atoms with van der Waals surface area (Å²) in [5.41, 5.74) is 7.52. The van der Waals surface area contributed by atoms with Crippen LogP contribution in [0.1, 0.15) is 17.2 Å². The first kappa shape index (κ1) is 13.6. The average Bonchev–Trinajstić information content (AvgIpc) is 2.32. The van der Waals surface area contributed by atoms with Crippen LogP contribution >= 0.6 is 31.9 Å². The Balaban J connectivity index is 2.21. The fraction of sp³-hybridized carbons (Fsp3) is 0.154. The zero-order chi connectivity index (χ0) is 13.1. The van der Waals surface area contributed by atoms with E-state index in [1.807, 2.05) is 6.07 Å². The minimum Gasteiger partial charge on any atom is -0.324 e. The van der Waals surface area contributed by atoms with E-state index < -0.39 is 6.04 Å². The van der Waals surface area contributed by atoms with Gasteiger partial charge in [0.1, 0.15) is 5.82 Å². The van der Waals surface area contributed by atoms with Gasteiger partial charge in [-0.3, -0.25) is 4.98 Å². The van der Waals surface area contributed by atoms with E-state index in [0.29, 0.717) is 12.0 Å². The fourth-order valence-corrected chi connectivity index (χ4v) is 2.52. The summed E-state index contributed by atoms with van der Waals surface area (Å²) in [5, 5.41) is 0. The topological polar surface area (TPSA) is 38.9 Å². The first-order valence-corrected chi connectivity index (χ1v) is 6.95. The molecule has 2 N–H and O–H groups in total. The second-order valence-electron chi connectivity index (χ2n) is 3.99. The summed E-state index contributed by atoms with van der Waals surface area (Å²) in [7, 11) is 0. The lowest BCUT2D eigenvalue weighted by atomic mass is 10.0. The first-order valence-electron chi connectivity index (χ1n) is 5.36. The quantitative estimate of drug-likeness (QED) is 0.883. The van der Waals surface area contributed by atoms with E-state index in [1.165, 1.54) is 6.07 Å². The standard InChI is InChI=1S/C13H11Br2FN2/c14-9-1-2-12(16)11(5-9)13(17)4-8-3-10(15)7-18-6-8/h1-3,5-7,13H,4,17H2. The number of nitrogens with zero attached hydrogens (tertiary/aromatic N) is 1. The third kappa shape index (κ3) is 3.37. The van der Waals surface area contributed by atoms with E-state index in [4.69, 9.17) is 5.73 Å². The summed E-state index contributed by atoms with van der Waals surface area (Å²) in [6, 6.07) is 6.33. The number of pyridine rings is 1. The van der Waals surface area contributed by atoms with Gasteiger partial charge in [0.25, 0.3) is 0 Å². The van der Waals surface area contributed by atoms with Crippen molar-refractivity contribution in [3.63, 3.8) is 0 Å². The predicted octanol–water partition coefficient (Wildman–Crippen LogP) is 3.99. The summed E-state index contributed by atoms with van der Waals surface area (Å²) < 4.78 is 15.4. The second-order valence-corrected chi connectivity index (χ2v) is 5.82. The lowest BCUT2D eigenvalue weighted by molar-refractivity contribution is 0.579. The molecule has 1 heterocycles. The van der Waals surface area contributed by atoms with Gasteiger partial charge in [0.15, 0.2) is 0 Å². The molecule has 18 heavy (non-hydrogen) atoms. The van der Waals surface area contributed by atoms with E-state index in [-0.39, 0.29) is 5.82 Å². The van der Waals surface area contributed by atoms with Crippen LogP contribution in [0.3, 0.4) is 0 Å². The third-order valence-electron chi connectivity index (χ3n) is 2.57. The van der Waals surface area contributed by atoms with Gasteiger partial charge < -0.3 is 5.73 Å². The molecule has 0 saturated heterocycles. The second kappa shape index (κ2) is 5.91. The van der Waals surface area contributed by atoms with Gasteiger partial charge in [0, 0.05) is 32.9 Å². The predicted molar refractivity (Wildman–Crippen MR) is 76.7 cm³/mol. The summed E-state index contributed by atoms with van der Waals surface area (Å²) >= 11 is 6.67. The van der Waals surface area contributed by atoms with Crippen LogP contribution in [-0.2, 0) is 6.42 Å². The molecule has 2 rings (SSSR count). The molecular weight excluding hydrogens is 363 g/mol. The molecule has 0 aliphatic carbocycles. The van der Waals surface area contributed by atoms with Gasteiger partial charge in [0.2, 0.25) is 0 Å². The first-order chi connectivity index (χ1) is 8.56. The normalized spacial score (nSPS) is 12.4. The Bertz CT molecular complexity index is 560. The van der Waals surface area contributed by atoms with Crippen LogP contribution < -0.4 is 5.73 Å². The molecule has 0 saturated carbocycles. The van der Waals surface area contributed by atoms with E-state index in [1.54, 1.807) is 24.5 Å². The summed E-state index contributed by atoms with van der Waals surface area (Å²) in [5.74, 6) is -0.284. The van der Waals surface area contributed by atoms with Crippen molar-refractivity contribution in [1.29, 1.82) is 0 Å². The fourth-order valence-electron chi connectivity index (χ4n) is 1.73. The Morgan fingerprint density at radius 3 is 2.67 bits per heavy atom. The maximum atomic E-state index is 13.7. The highest BCUT2D eigenvalue weighted by molar-refractivity contribution is 9.10. The molecule has 1 aromatic heterocycles. The number of benzene rings is 1. The SMILES string of the molecule is NC(Cc1cncc(Br)c1)c1cc(Br)ccc1F. The van der Waals surface area contributed by atoms with Crippen LogP contribution in [-0.4, -0.2) is 4.98 Å². The Morgan fingerprint density at radius 1 is 1.17 bits per heavy atom. The number of rotatable bonds is 3. The van der Waals surface area contributed by atoms with E-state index in [0.717, 1.165) is 14.5 Å². The Kier molecular flexibility index (Phi) is 4.48. The van der Waals surface area contributed by atoms with Crippen molar-refractivity contribution in [2.45, 2.75) is 12.5 Å². The molecule has 1 unspecified atom stereocenters. The van der Waals surface area contributed by atoms with Crippen LogP contribution in [0.15, 0.2) is 45.6 Å². The lowest BCUT2D eigenvalue weighted by Crippen LogP contribution is -2.15. The van der Waals surface area contributed by atoms with Crippen molar-refractivity contribution in [3.8, 4) is 0 Å². The van der Waals surface area contributed by atoms with Crippen molar-refractivity contribution < 1.29 is 4.39 Å². The number of nitrogens with two attached hydrogens (primary N) is 1. The van der Waals surface area contributed by atoms with Crippen molar-refractivity contribution in [2.75, 3.05) is 0 Å². The van der Waals surface area contributed by atoms with Crippen molar-refractivity contribution in [2.24, 2.45) is 5.73 Å². The Hall–Kier alpha value is -0.780. The average molecular weight is 374 g/mol. The van der Waals surface area contributed by atoms with Crippen LogP contribution in [0.5, 0.6) is 0 Å². The molecule has 0 fully saturated rings. The van der Waals surface area contributed by atoms with Gasteiger partial charge in [-0.15, -0.1) is 0 Å². The van der Waals surface area contributed by atoms with E-state index in [9.17, 15) is 4.39 Å². The largest absolute Gasteiger partial charge is 0.324 e. The molecule has 0 spiro atoms. The molecule has 0 radical (unpaired) electrons. The molecule has 94 valence electrons. The van der Waals surface area contributed by atoms with Crippen LogP contribution in [0, 0.1) is 5.82 Å². The van der Waals surface area contributed by atoms with Crippen LogP contribution in [0.2, 0.25) is 0 Å². The van der Waals surface area contributed by atoms with Gasteiger partial charge in [-0.1, -0.05) is 15.9 Å². The summed E-state index contributed by atoms with van der Waals surface area (Å²) in [4.78, 5) is 4.07. The molecule has 0 aliphatic rings. The van der Waals surface area contributed by atoms with Crippen LogP contribution in [0.4, 0.5) is 4.39 Å². The molecule has 0 aliphatic heterocycles.